The van der Waals surface area contributed by atoms with Gasteiger partial charge in [-0.1, -0.05) is 0 Å². The number of nitrogens with zero attached hydrogens (tertiary/aromatic N) is 2. The molecule has 1 fully saturated rings. The maximum absolute atomic E-state index is 5.64. The maximum Gasteiger partial charge on any atom is 0.120 e. The van der Waals surface area contributed by atoms with Gasteiger partial charge in [0.1, 0.15) is 10.0 Å². The van der Waals surface area contributed by atoms with Crippen molar-refractivity contribution in [1.82, 2.24) is 15.5 Å². The van der Waals surface area contributed by atoms with Crippen molar-refractivity contribution in [3.63, 3.8) is 0 Å². The van der Waals surface area contributed by atoms with E-state index in [4.69, 9.17) is 9.47 Å². The van der Waals surface area contributed by atoms with Gasteiger partial charge in [0.15, 0.2) is 0 Å². The van der Waals surface area contributed by atoms with E-state index in [1.807, 2.05) is 7.11 Å². The number of ether oxygens (including phenoxy) is 2. The Morgan fingerprint density at radius 1 is 1.20 bits per heavy atom. The quantitative estimate of drug-likeness (QED) is 0.668. The zero-order chi connectivity index (χ0) is 14.3. The summed E-state index contributed by atoms with van der Waals surface area (Å²) in [4.78, 5) is 0. The summed E-state index contributed by atoms with van der Waals surface area (Å²) in [5, 5.41) is 14.2. The average Bonchev–Trinajstić information content (AvgIpc) is 2.85. The van der Waals surface area contributed by atoms with Gasteiger partial charge in [-0.15, -0.1) is 21.5 Å². The molecule has 0 amide bonds. The highest BCUT2D eigenvalue weighted by molar-refractivity contribution is 7.11. The standard InChI is InChI=1S/C14H25N3O2S/c1-18-10-9-15-8-3-5-12-16-17-13(20-12)11-14(19-2)6-4-7-14/h15H,3-11H2,1-2H3. The van der Waals surface area contributed by atoms with E-state index < -0.39 is 0 Å². The molecule has 114 valence electrons. The van der Waals surface area contributed by atoms with Crippen LogP contribution in [0, 0.1) is 0 Å². The van der Waals surface area contributed by atoms with E-state index >= 15 is 0 Å². The van der Waals surface area contributed by atoms with E-state index in [2.05, 4.69) is 15.5 Å². The Hall–Kier alpha value is -0.560. The summed E-state index contributed by atoms with van der Waals surface area (Å²) in [5.41, 5.74) is 0.0541. The predicted octanol–water partition coefficient (Wildman–Crippen LogP) is 1.82. The van der Waals surface area contributed by atoms with Crippen LogP contribution in [-0.2, 0) is 22.3 Å². The molecule has 1 heterocycles. The number of methoxy groups -OCH3 is 2. The van der Waals surface area contributed by atoms with E-state index in [-0.39, 0.29) is 5.60 Å². The molecule has 5 nitrogen and oxygen atoms in total. The van der Waals surface area contributed by atoms with Crippen molar-refractivity contribution in [2.75, 3.05) is 33.9 Å². The Kier molecular flexibility index (Phi) is 6.35. The molecule has 0 radical (unpaired) electrons. The Labute approximate surface area is 125 Å². The third-order valence-corrected chi connectivity index (χ3v) is 4.89. The molecule has 0 aliphatic heterocycles. The van der Waals surface area contributed by atoms with E-state index in [0.717, 1.165) is 61.8 Å². The highest BCUT2D eigenvalue weighted by Crippen LogP contribution is 2.38. The highest BCUT2D eigenvalue weighted by Gasteiger charge is 2.38. The van der Waals surface area contributed by atoms with Crippen molar-refractivity contribution in [2.45, 2.75) is 44.1 Å². The van der Waals surface area contributed by atoms with Gasteiger partial charge in [-0.3, -0.25) is 0 Å². The molecule has 20 heavy (non-hydrogen) atoms. The topological polar surface area (TPSA) is 56.3 Å². The first kappa shape index (κ1) is 15.8. The molecule has 0 aromatic carbocycles. The molecule has 1 aromatic heterocycles. The normalized spacial score (nSPS) is 17.1. The van der Waals surface area contributed by atoms with Gasteiger partial charge in [0.25, 0.3) is 0 Å². The smallest absolute Gasteiger partial charge is 0.120 e. The molecule has 1 aliphatic rings. The van der Waals surface area contributed by atoms with Crippen molar-refractivity contribution < 1.29 is 9.47 Å². The average molecular weight is 299 g/mol. The van der Waals surface area contributed by atoms with Crippen LogP contribution in [0.4, 0.5) is 0 Å². The summed E-state index contributed by atoms with van der Waals surface area (Å²) in [6.07, 6.45) is 6.59. The van der Waals surface area contributed by atoms with Crippen molar-refractivity contribution in [3.8, 4) is 0 Å². The van der Waals surface area contributed by atoms with Gasteiger partial charge in [0, 0.05) is 33.6 Å². The van der Waals surface area contributed by atoms with Crippen LogP contribution in [0.25, 0.3) is 0 Å². The SMILES string of the molecule is COCCNCCCc1nnc(CC2(OC)CCC2)s1. The molecular weight excluding hydrogens is 274 g/mol. The number of hydrogen-bond acceptors (Lipinski definition) is 6. The summed E-state index contributed by atoms with van der Waals surface area (Å²) >= 11 is 1.74. The minimum absolute atomic E-state index is 0.0541. The molecule has 1 aliphatic carbocycles. The fourth-order valence-corrected chi connectivity index (χ4v) is 3.44. The number of rotatable bonds is 10. The fraction of sp³-hybridized carbons (Fsp3) is 0.857. The largest absolute Gasteiger partial charge is 0.383 e. The van der Waals surface area contributed by atoms with E-state index in [1.165, 1.54) is 6.42 Å². The lowest BCUT2D eigenvalue weighted by atomic mass is 9.78. The minimum atomic E-state index is 0.0541. The number of nitrogens with one attached hydrogen (secondary N) is 1. The molecule has 1 N–H and O–H groups in total. The van der Waals surface area contributed by atoms with Crippen LogP contribution < -0.4 is 5.32 Å². The molecule has 2 rings (SSSR count). The van der Waals surface area contributed by atoms with Gasteiger partial charge in [-0.25, -0.2) is 0 Å². The summed E-state index contributed by atoms with van der Waals surface area (Å²) in [5.74, 6) is 0. The van der Waals surface area contributed by atoms with Crippen LogP contribution in [0.15, 0.2) is 0 Å². The van der Waals surface area contributed by atoms with Crippen LogP contribution in [0.3, 0.4) is 0 Å². The van der Waals surface area contributed by atoms with Gasteiger partial charge in [0.05, 0.1) is 12.2 Å². The third kappa shape index (κ3) is 4.48. The monoisotopic (exact) mass is 299 g/mol. The van der Waals surface area contributed by atoms with Crippen molar-refractivity contribution in [2.24, 2.45) is 0 Å². The zero-order valence-electron chi connectivity index (χ0n) is 12.5. The van der Waals surface area contributed by atoms with Crippen LogP contribution in [-0.4, -0.2) is 49.7 Å². The lowest BCUT2D eigenvalue weighted by Gasteiger charge is -2.39. The van der Waals surface area contributed by atoms with Crippen molar-refractivity contribution in [3.05, 3.63) is 10.0 Å². The Morgan fingerprint density at radius 3 is 2.65 bits per heavy atom. The predicted molar refractivity (Wildman–Crippen MR) is 80.3 cm³/mol. The van der Waals surface area contributed by atoms with Gasteiger partial charge >= 0.3 is 0 Å². The molecule has 1 aromatic rings. The van der Waals surface area contributed by atoms with Crippen LogP contribution in [0.1, 0.15) is 35.7 Å². The summed E-state index contributed by atoms with van der Waals surface area (Å²) in [7, 11) is 3.53. The second-order valence-corrected chi connectivity index (χ2v) is 6.50. The lowest BCUT2D eigenvalue weighted by molar-refractivity contribution is -0.0709. The van der Waals surface area contributed by atoms with Crippen LogP contribution in [0.2, 0.25) is 0 Å². The second kappa shape index (κ2) is 8.02. The molecule has 0 spiro atoms. The Bertz CT molecular complexity index is 388. The highest BCUT2D eigenvalue weighted by atomic mass is 32.1. The Balaban J connectivity index is 1.67. The summed E-state index contributed by atoms with van der Waals surface area (Å²) in [6, 6.07) is 0. The van der Waals surface area contributed by atoms with Gasteiger partial charge in [0.2, 0.25) is 0 Å². The lowest BCUT2D eigenvalue weighted by Crippen LogP contribution is -2.41. The molecule has 1 saturated carbocycles. The summed E-state index contributed by atoms with van der Waals surface area (Å²) in [6.45, 7) is 2.68. The van der Waals surface area contributed by atoms with Crippen LogP contribution >= 0.6 is 11.3 Å². The first-order chi connectivity index (χ1) is 9.78. The molecule has 0 atom stereocenters. The molecular formula is C14H25N3O2S. The third-order valence-electron chi connectivity index (χ3n) is 3.91. The van der Waals surface area contributed by atoms with Crippen molar-refractivity contribution >= 4 is 11.3 Å². The molecule has 6 heteroatoms. The zero-order valence-corrected chi connectivity index (χ0v) is 13.3. The fourth-order valence-electron chi connectivity index (χ4n) is 2.42. The molecule has 0 unspecified atom stereocenters. The number of aryl methyl sites for hydroxylation is 1. The first-order valence-electron chi connectivity index (χ1n) is 7.34. The number of aromatic nitrogens is 2. The number of hydrogen-bond donors (Lipinski definition) is 1. The summed E-state index contributed by atoms with van der Waals surface area (Å²) < 4.78 is 10.6. The van der Waals surface area contributed by atoms with Gasteiger partial charge in [-0.2, -0.15) is 0 Å². The van der Waals surface area contributed by atoms with Crippen molar-refractivity contribution in [1.29, 1.82) is 0 Å². The maximum atomic E-state index is 5.64. The van der Waals surface area contributed by atoms with E-state index in [9.17, 15) is 0 Å². The van der Waals surface area contributed by atoms with Gasteiger partial charge < -0.3 is 14.8 Å². The second-order valence-electron chi connectivity index (χ2n) is 5.35. The molecule has 0 bridgehead atoms. The molecule has 0 saturated heterocycles. The van der Waals surface area contributed by atoms with E-state index in [0.29, 0.717) is 0 Å². The van der Waals surface area contributed by atoms with E-state index in [1.54, 1.807) is 18.4 Å². The van der Waals surface area contributed by atoms with Crippen LogP contribution in [0.5, 0.6) is 0 Å². The minimum Gasteiger partial charge on any atom is -0.383 e. The Morgan fingerprint density at radius 2 is 2.00 bits per heavy atom. The van der Waals surface area contributed by atoms with Gasteiger partial charge in [-0.05, 0) is 32.2 Å². The first-order valence-corrected chi connectivity index (χ1v) is 8.16.